The second-order valence-corrected chi connectivity index (χ2v) is 5.27. The van der Waals surface area contributed by atoms with Crippen LogP contribution < -0.4 is 4.74 Å². The van der Waals surface area contributed by atoms with Crippen molar-refractivity contribution < 1.29 is 9.53 Å². The third kappa shape index (κ3) is 2.82. The van der Waals surface area contributed by atoms with Crippen LogP contribution in [0.5, 0.6) is 5.75 Å². The average molecular weight is 309 g/mol. The van der Waals surface area contributed by atoms with Gasteiger partial charge in [0.25, 0.3) is 0 Å². The van der Waals surface area contributed by atoms with E-state index in [1.165, 1.54) is 0 Å². The Bertz CT molecular complexity index is 581. The zero-order valence-corrected chi connectivity index (χ0v) is 12.5. The summed E-state index contributed by atoms with van der Waals surface area (Å²) in [7, 11) is 1.58. The van der Waals surface area contributed by atoms with Crippen LogP contribution in [-0.2, 0) is 4.87 Å². The van der Waals surface area contributed by atoms with Crippen molar-refractivity contribution in [1.29, 1.82) is 0 Å². The maximum absolute atomic E-state index is 12.6. The number of Topliss-reactive ketones (excluding diaryl/α,β-unsaturated/α-hetero) is 1. The van der Waals surface area contributed by atoms with Crippen molar-refractivity contribution in [2.45, 2.75) is 4.87 Å². The van der Waals surface area contributed by atoms with Crippen molar-refractivity contribution in [2.24, 2.45) is 0 Å². The SMILES string of the molecule is COc1ccc(C(Cl)(CCl)C(=O)c2ccccc2)cc1. The summed E-state index contributed by atoms with van der Waals surface area (Å²) in [6.45, 7) is 0. The molecular formula is C16H14Cl2O2. The van der Waals surface area contributed by atoms with Gasteiger partial charge in [0.1, 0.15) is 10.6 Å². The monoisotopic (exact) mass is 308 g/mol. The molecule has 2 rings (SSSR count). The number of alkyl halides is 2. The van der Waals surface area contributed by atoms with Crippen molar-refractivity contribution in [1.82, 2.24) is 0 Å². The maximum Gasteiger partial charge on any atom is 0.189 e. The standard InChI is InChI=1S/C16H14Cl2O2/c1-20-14-9-7-13(8-10-14)16(18,11-17)15(19)12-5-3-2-4-6-12/h2-10H,11H2,1H3. The number of hydrogen-bond donors (Lipinski definition) is 0. The van der Waals surface area contributed by atoms with Gasteiger partial charge in [0, 0.05) is 5.56 Å². The first-order valence-electron chi connectivity index (χ1n) is 6.11. The number of ketones is 1. The average Bonchev–Trinajstić information content (AvgIpc) is 2.54. The molecule has 1 unspecified atom stereocenters. The van der Waals surface area contributed by atoms with Crippen LogP contribution in [0.25, 0.3) is 0 Å². The summed E-state index contributed by atoms with van der Waals surface area (Å²) in [5.74, 6) is 0.489. The van der Waals surface area contributed by atoms with Gasteiger partial charge in [-0.05, 0) is 17.7 Å². The fraction of sp³-hybridized carbons (Fsp3) is 0.188. The molecular weight excluding hydrogens is 295 g/mol. The Morgan fingerprint density at radius 1 is 1.10 bits per heavy atom. The molecule has 0 spiro atoms. The molecule has 0 radical (unpaired) electrons. The molecule has 0 saturated carbocycles. The molecule has 0 amide bonds. The Morgan fingerprint density at radius 3 is 2.20 bits per heavy atom. The maximum atomic E-state index is 12.6. The quantitative estimate of drug-likeness (QED) is 0.609. The number of hydrogen-bond acceptors (Lipinski definition) is 2. The highest BCUT2D eigenvalue weighted by Crippen LogP contribution is 2.35. The summed E-state index contributed by atoms with van der Waals surface area (Å²) in [6.07, 6.45) is 0. The van der Waals surface area contributed by atoms with Crippen LogP contribution in [-0.4, -0.2) is 18.8 Å². The molecule has 2 nitrogen and oxygen atoms in total. The molecule has 1 atom stereocenters. The molecule has 4 heteroatoms. The molecule has 0 fully saturated rings. The number of carbonyl (C=O) groups is 1. The highest BCUT2D eigenvalue weighted by atomic mass is 35.5. The van der Waals surface area contributed by atoms with E-state index in [-0.39, 0.29) is 11.7 Å². The van der Waals surface area contributed by atoms with Gasteiger partial charge in [0.2, 0.25) is 0 Å². The molecule has 2 aromatic rings. The van der Waals surface area contributed by atoms with E-state index in [4.69, 9.17) is 27.9 Å². The first-order valence-corrected chi connectivity index (χ1v) is 7.02. The Labute approximate surface area is 128 Å². The molecule has 2 aromatic carbocycles. The first kappa shape index (κ1) is 14.9. The van der Waals surface area contributed by atoms with Crippen molar-refractivity contribution in [2.75, 3.05) is 13.0 Å². The van der Waals surface area contributed by atoms with Gasteiger partial charge in [-0.15, -0.1) is 23.2 Å². The number of ether oxygens (including phenoxy) is 1. The third-order valence-electron chi connectivity index (χ3n) is 3.13. The summed E-state index contributed by atoms with van der Waals surface area (Å²) >= 11 is 12.5. The summed E-state index contributed by atoms with van der Waals surface area (Å²) in [5, 5.41) is 0. The Morgan fingerprint density at radius 2 is 1.70 bits per heavy atom. The van der Waals surface area contributed by atoms with Gasteiger partial charge in [0.15, 0.2) is 5.78 Å². The van der Waals surface area contributed by atoms with Gasteiger partial charge < -0.3 is 4.74 Å². The molecule has 0 bridgehead atoms. The lowest BCUT2D eigenvalue weighted by atomic mass is 9.91. The molecule has 0 heterocycles. The van der Waals surface area contributed by atoms with Crippen molar-refractivity contribution in [3.8, 4) is 5.75 Å². The first-order chi connectivity index (χ1) is 9.61. The molecule has 0 aliphatic heterocycles. The summed E-state index contributed by atoms with van der Waals surface area (Å²) < 4.78 is 5.10. The van der Waals surface area contributed by atoms with Crippen LogP contribution in [0, 0.1) is 0 Å². The number of benzene rings is 2. The van der Waals surface area contributed by atoms with E-state index in [1.54, 1.807) is 55.6 Å². The zero-order chi connectivity index (χ0) is 14.6. The highest BCUT2D eigenvalue weighted by molar-refractivity contribution is 6.42. The highest BCUT2D eigenvalue weighted by Gasteiger charge is 2.37. The van der Waals surface area contributed by atoms with E-state index in [1.807, 2.05) is 6.07 Å². The Hall–Kier alpha value is -1.51. The second kappa shape index (κ2) is 6.29. The van der Waals surface area contributed by atoms with E-state index in [9.17, 15) is 4.79 Å². The predicted octanol–water partition coefficient (Wildman–Crippen LogP) is 4.25. The van der Waals surface area contributed by atoms with Gasteiger partial charge in [-0.3, -0.25) is 4.79 Å². The number of halogens is 2. The smallest absolute Gasteiger partial charge is 0.189 e. The lowest BCUT2D eigenvalue weighted by Crippen LogP contribution is -2.32. The van der Waals surface area contributed by atoms with Crippen molar-refractivity contribution in [3.63, 3.8) is 0 Å². The van der Waals surface area contributed by atoms with E-state index in [0.29, 0.717) is 16.9 Å². The lowest BCUT2D eigenvalue weighted by molar-refractivity contribution is 0.0947. The van der Waals surface area contributed by atoms with E-state index >= 15 is 0 Å². The van der Waals surface area contributed by atoms with Crippen molar-refractivity contribution in [3.05, 3.63) is 65.7 Å². The van der Waals surface area contributed by atoms with Gasteiger partial charge >= 0.3 is 0 Å². The number of rotatable bonds is 5. The number of carbonyl (C=O) groups excluding carboxylic acids is 1. The van der Waals surface area contributed by atoms with E-state index in [2.05, 4.69) is 0 Å². The van der Waals surface area contributed by atoms with Gasteiger partial charge in [-0.1, -0.05) is 42.5 Å². The minimum Gasteiger partial charge on any atom is -0.497 e. The van der Waals surface area contributed by atoms with Crippen LogP contribution in [0.15, 0.2) is 54.6 Å². The van der Waals surface area contributed by atoms with Crippen LogP contribution in [0.4, 0.5) is 0 Å². The normalized spacial score (nSPS) is 13.6. The van der Waals surface area contributed by atoms with Crippen molar-refractivity contribution >= 4 is 29.0 Å². The van der Waals surface area contributed by atoms with Crippen LogP contribution in [0.2, 0.25) is 0 Å². The molecule has 0 N–H and O–H groups in total. The minimum atomic E-state index is -1.27. The molecule has 104 valence electrons. The van der Waals surface area contributed by atoms with Gasteiger partial charge in [0.05, 0.1) is 13.0 Å². The molecule has 20 heavy (non-hydrogen) atoms. The molecule has 0 aliphatic carbocycles. The predicted molar refractivity (Wildman–Crippen MR) is 82.0 cm³/mol. The Balaban J connectivity index is 2.39. The van der Waals surface area contributed by atoms with Gasteiger partial charge in [-0.25, -0.2) is 0 Å². The van der Waals surface area contributed by atoms with Gasteiger partial charge in [-0.2, -0.15) is 0 Å². The molecule has 0 saturated heterocycles. The number of methoxy groups -OCH3 is 1. The van der Waals surface area contributed by atoms with Crippen LogP contribution in [0.3, 0.4) is 0 Å². The van der Waals surface area contributed by atoms with Crippen LogP contribution >= 0.6 is 23.2 Å². The third-order valence-corrected chi connectivity index (χ3v) is 4.19. The summed E-state index contributed by atoms with van der Waals surface area (Å²) in [5.41, 5.74) is 1.20. The fourth-order valence-corrected chi connectivity index (χ4v) is 2.45. The molecule has 0 aromatic heterocycles. The largest absolute Gasteiger partial charge is 0.497 e. The van der Waals surface area contributed by atoms with E-state index in [0.717, 1.165) is 0 Å². The summed E-state index contributed by atoms with van der Waals surface area (Å²) in [4.78, 5) is 11.3. The lowest BCUT2D eigenvalue weighted by Gasteiger charge is -2.24. The minimum absolute atomic E-state index is 0.00535. The summed E-state index contributed by atoms with van der Waals surface area (Å²) in [6, 6.07) is 15.9. The Kier molecular flexibility index (Phi) is 4.69. The topological polar surface area (TPSA) is 26.3 Å². The zero-order valence-electron chi connectivity index (χ0n) is 11.0. The second-order valence-electron chi connectivity index (χ2n) is 4.36. The van der Waals surface area contributed by atoms with E-state index < -0.39 is 4.87 Å². The fourth-order valence-electron chi connectivity index (χ4n) is 1.94. The molecule has 0 aliphatic rings. The van der Waals surface area contributed by atoms with Crippen LogP contribution in [0.1, 0.15) is 15.9 Å².